The van der Waals surface area contributed by atoms with E-state index in [1.165, 1.54) is 6.42 Å². The van der Waals surface area contributed by atoms with Gasteiger partial charge in [-0.05, 0) is 39.5 Å². The predicted molar refractivity (Wildman–Crippen MR) is 80.2 cm³/mol. The van der Waals surface area contributed by atoms with E-state index in [1.54, 1.807) is 6.26 Å². The summed E-state index contributed by atoms with van der Waals surface area (Å²) in [5, 5.41) is 10.3. The Kier molecular flexibility index (Phi) is 4.07. The van der Waals surface area contributed by atoms with Gasteiger partial charge in [0.25, 0.3) is 5.91 Å². The van der Waals surface area contributed by atoms with Crippen LogP contribution < -0.4 is 0 Å². The van der Waals surface area contributed by atoms with Crippen molar-refractivity contribution in [3.05, 3.63) is 23.2 Å². The van der Waals surface area contributed by atoms with Gasteiger partial charge in [-0.2, -0.15) is 0 Å². The highest BCUT2D eigenvalue weighted by molar-refractivity contribution is 5.96. The summed E-state index contributed by atoms with van der Waals surface area (Å²) in [7, 11) is 0. The van der Waals surface area contributed by atoms with Crippen molar-refractivity contribution >= 4 is 5.91 Å². The summed E-state index contributed by atoms with van der Waals surface area (Å²) in [6, 6.07) is 0.196. The fraction of sp³-hybridized carbons (Fsp3) is 0.706. The lowest BCUT2D eigenvalue weighted by molar-refractivity contribution is 0.0211. The van der Waals surface area contributed by atoms with Crippen LogP contribution in [0.5, 0.6) is 0 Å². The summed E-state index contributed by atoms with van der Waals surface area (Å²) in [5.74, 6) is 1.03. The number of aliphatic hydroxyl groups excluding tert-OH is 1. The molecule has 3 rings (SSSR count). The number of furan rings is 1. The van der Waals surface area contributed by atoms with Gasteiger partial charge in [0, 0.05) is 24.1 Å². The fourth-order valence-corrected chi connectivity index (χ4v) is 4.11. The summed E-state index contributed by atoms with van der Waals surface area (Å²) in [5.41, 5.74) is 1.62. The summed E-state index contributed by atoms with van der Waals surface area (Å²) < 4.78 is 5.38. The second-order valence-electron chi connectivity index (χ2n) is 6.57. The first-order chi connectivity index (χ1) is 10.1. The Labute approximate surface area is 126 Å². The Morgan fingerprint density at radius 3 is 2.67 bits per heavy atom. The second kappa shape index (κ2) is 5.84. The molecule has 1 N–H and O–H groups in total. The molecule has 1 aromatic rings. The van der Waals surface area contributed by atoms with Crippen molar-refractivity contribution in [2.75, 3.05) is 6.54 Å². The molecule has 2 heterocycles. The monoisotopic (exact) mass is 291 g/mol. The molecule has 1 aliphatic carbocycles. The number of hydrogen-bond donors (Lipinski definition) is 1. The van der Waals surface area contributed by atoms with Gasteiger partial charge in [-0.15, -0.1) is 0 Å². The molecule has 0 radical (unpaired) electrons. The molecule has 1 saturated heterocycles. The molecule has 4 heteroatoms. The van der Waals surface area contributed by atoms with E-state index in [0.717, 1.165) is 44.2 Å². The molecule has 0 aromatic carbocycles. The van der Waals surface area contributed by atoms with Crippen LogP contribution >= 0.6 is 0 Å². The van der Waals surface area contributed by atoms with Crippen molar-refractivity contribution in [1.82, 2.24) is 4.90 Å². The normalized spacial score (nSPS) is 29.9. The van der Waals surface area contributed by atoms with Crippen LogP contribution in [0.1, 0.15) is 60.2 Å². The maximum atomic E-state index is 12.9. The average molecular weight is 291 g/mol. The zero-order chi connectivity index (χ0) is 15.0. The molecule has 2 fully saturated rings. The maximum absolute atomic E-state index is 12.9. The van der Waals surface area contributed by atoms with Crippen molar-refractivity contribution in [2.45, 2.75) is 64.5 Å². The lowest BCUT2D eigenvalue weighted by Crippen LogP contribution is -2.45. The minimum atomic E-state index is -0.247. The highest BCUT2D eigenvalue weighted by Crippen LogP contribution is 2.36. The fourth-order valence-electron chi connectivity index (χ4n) is 4.11. The van der Waals surface area contributed by atoms with Crippen LogP contribution in [0.2, 0.25) is 0 Å². The number of carbonyl (C=O) groups is 1. The average Bonchev–Trinajstić information content (AvgIpc) is 3.06. The Morgan fingerprint density at radius 2 is 2.00 bits per heavy atom. The number of carbonyl (C=O) groups excluding carboxylic acids is 1. The first-order valence-corrected chi connectivity index (χ1v) is 8.13. The third-order valence-electron chi connectivity index (χ3n) is 5.21. The lowest BCUT2D eigenvalue weighted by atomic mass is 9.80. The smallest absolute Gasteiger partial charge is 0.257 e. The summed E-state index contributed by atoms with van der Waals surface area (Å²) in [6.45, 7) is 4.57. The lowest BCUT2D eigenvalue weighted by Gasteiger charge is -2.37. The van der Waals surface area contributed by atoms with Gasteiger partial charge in [-0.1, -0.05) is 12.8 Å². The Hall–Kier alpha value is -1.29. The largest absolute Gasteiger partial charge is 0.469 e. The number of rotatable bonds is 2. The minimum Gasteiger partial charge on any atom is -0.469 e. The van der Waals surface area contributed by atoms with Crippen molar-refractivity contribution < 1.29 is 14.3 Å². The second-order valence-corrected chi connectivity index (χ2v) is 6.57. The third kappa shape index (κ3) is 2.61. The Bertz CT molecular complexity index is 503. The Morgan fingerprint density at radius 1 is 1.24 bits per heavy atom. The van der Waals surface area contributed by atoms with Gasteiger partial charge < -0.3 is 14.4 Å². The maximum Gasteiger partial charge on any atom is 0.257 e. The molecule has 116 valence electrons. The third-order valence-corrected chi connectivity index (χ3v) is 5.21. The van der Waals surface area contributed by atoms with Crippen LogP contribution in [-0.4, -0.2) is 34.6 Å². The van der Waals surface area contributed by atoms with Crippen LogP contribution in [0, 0.1) is 19.8 Å². The molecule has 21 heavy (non-hydrogen) atoms. The van der Waals surface area contributed by atoms with E-state index in [-0.39, 0.29) is 24.0 Å². The van der Waals surface area contributed by atoms with Crippen molar-refractivity contribution in [1.29, 1.82) is 0 Å². The molecule has 3 atom stereocenters. The van der Waals surface area contributed by atoms with Crippen LogP contribution in [0.3, 0.4) is 0 Å². The molecule has 1 aromatic heterocycles. The highest BCUT2D eigenvalue weighted by atomic mass is 16.3. The van der Waals surface area contributed by atoms with Crippen LogP contribution in [-0.2, 0) is 0 Å². The number of aliphatic hydroxyl groups is 1. The van der Waals surface area contributed by atoms with E-state index < -0.39 is 0 Å². The van der Waals surface area contributed by atoms with Gasteiger partial charge in [0.05, 0.1) is 17.9 Å². The van der Waals surface area contributed by atoms with E-state index in [2.05, 4.69) is 0 Å². The summed E-state index contributed by atoms with van der Waals surface area (Å²) in [4.78, 5) is 14.9. The van der Waals surface area contributed by atoms with Crippen molar-refractivity contribution in [3.63, 3.8) is 0 Å². The summed E-state index contributed by atoms with van der Waals surface area (Å²) in [6.07, 6.45) is 7.67. The molecule has 1 aliphatic heterocycles. The van der Waals surface area contributed by atoms with E-state index in [1.807, 2.05) is 18.7 Å². The van der Waals surface area contributed by atoms with Crippen LogP contribution in [0.15, 0.2) is 10.7 Å². The number of amides is 1. The Balaban J connectivity index is 1.82. The molecule has 1 saturated carbocycles. The molecular weight excluding hydrogens is 266 g/mol. The van der Waals surface area contributed by atoms with Gasteiger partial charge in [-0.3, -0.25) is 4.79 Å². The molecule has 4 nitrogen and oxygen atoms in total. The van der Waals surface area contributed by atoms with E-state index in [0.29, 0.717) is 11.3 Å². The number of aryl methyl sites for hydroxylation is 2. The predicted octanol–water partition coefficient (Wildman–Crippen LogP) is 3.05. The SMILES string of the molecule is Cc1coc(C)c1C(=O)N1CCCC1C1CCCCC1O. The van der Waals surface area contributed by atoms with Crippen molar-refractivity contribution in [2.24, 2.45) is 5.92 Å². The van der Waals surface area contributed by atoms with Crippen LogP contribution in [0.4, 0.5) is 0 Å². The standard InChI is InChI=1S/C17H25NO3/c1-11-10-21-12(2)16(11)17(20)18-9-5-7-14(18)13-6-3-4-8-15(13)19/h10,13-15,19H,3-9H2,1-2H3. The number of nitrogens with zero attached hydrogens (tertiary/aromatic N) is 1. The quantitative estimate of drug-likeness (QED) is 0.911. The number of hydrogen-bond acceptors (Lipinski definition) is 3. The minimum absolute atomic E-state index is 0.0824. The number of likely N-dealkylation sites (tertiary alicyclic amines) is 1. The first kappa shape index (κ1) is 14.6. The van der Waals surface area contributed by atoms with Gasteiger partial charge in [-0.25, -0.2) is 0 Å². The molecule has 1 amide bonds. The van der Waals surface area contributed by atoms with Crippen LogP contribution in [0.25, 0.3) is 0 Å². The zero-order valence-electron chi connectivity index (χ0n) is 13.0. The molecule has 3 unspecified atom stereocenters. The summed E-state index contributed by atoms with van der Waals surface area (Å²) >= 11 is 0. The van der Waals surface area contributed by atoms with Gasteiger partial charge in [0.1, 0.15) is 5.76 Å². The van der Waals surface area contributed by atoms with E-state index >= 15 is 0 Å². The topological polar surface area (TPSA) is 53.7 Å². The zero-order valence-corrected chi connectivity index (χ0v) is 13.0. The first-order valence-electron chi connectivity index (χ1n) is 8.13. The van der Waals surface area contributed by atoms with Gasteiger partial charge >= 0.3 is 0 Å². The van der Waals surface area contributed by atoms with Crippen molar-refractivity contribution in [3.8, 4) is 0 Å². The van der Waals surface area contributed by atoms with E-state index in [4.69, 9.17) is 4.42 Å². The molecule has 2 aliphatic rings. The van der Waals surface area contributed by atoms with Gasteiger partial charge in [0.15, 0.2) is 0 Å². The molecule has 0 bridgehead atoms. The molecule has 0 spiro atoms. The van der Waals surface area contributed by atoms with E-state index in [9.17, 15) is 9.90 Å². The highest BCUT2D eigenvalue weighted by Gasteiger charge is 2.40. The molecular formula is C17H25NO3. The van der Waals surface area contributed by atoms with Gasteiger partial charge in [0.2, 0.25) is 0 Å².